The summed E-state index contributed by atoms with van der Waals surface area (Å²) in [5.41, 5.74) is 5.87. The fourth-order valence-corrected chi connectivity index (χ4v) is 3.49. The number of carbonyl (C=O) groups is 3. The Morgan fingerprint density at radius 2 is 2.07 bits per heavy atom. The van der Waals surface area contributed by atoms with Crippen LogP contribution in [0.25, 0.3) is 0 Å². The van der Waals surface area contributed by atoms with E-state index < -0.39 is 22.7 Å². The minimum atomic E-state index is -0.720. The number of carbonyl (C=O) groups excluding carboxylic acids is 3. The lowest BCUT2D eigenvalue weighted by atomic mass is 10.1. The summed E-state index contributed by atoms with van der Waals surface area (Å²) in [4.78, 5) is 46.1. The van der Waals surface area contributed by atoms with E-state index in [2.05, 4.69) is 15.2 Å². The molecule has 0 spiro atoms. The maximum absolute atomic E-state index is 12.2. The van der Waals surface area contributed by atoms with E-state index in [9.17, 15) is 24.5 Å². The average molecular weight is 395 g/mol. The average Bonchev–Trinajstić information content (AvgIpc) is 3.12. The highest BCUT2D eigenvalue weighted by molar-refractivity contribution is 7.18. The van der Waals surface area contributed by atoms with Crippen molar-refractivity contribution in [2.75, 3.05) is 12.4 Å². The molecule has 0 unspecified atom stereocenters. The summed E-state index contributed by atoms with van der Waals surface area (Å²) in [5, 5.41) is 17.4. The number of ether oxygens (including phenoxy) is 1. The zero-order valence-electron chi connectivity index (χ0n) is 14.8. The Bertz CT molecular complexity index is 932. The quantitative estimate of drug-likeness (QED) is 0.407. The number of hydrogen-bond acceptors (Lipinski definition) is 8. The van der Waals surface area contributed by atoms with Crippen LogP contribution in [0.4, 0.5) is 10.7 Å². The molecule has 0 bridgehead atoms. The molecule has 0 aromatic carbocycles. The number of rotatable bonds is 7. The summed E-state index contributed by atoms with van der Waals surface area (Å²) in [7, 11) is 1.18. The molecule has 11 nitrogen and oxygen atoms in total. The molecule has 2 aromatic rings. The van der Waals surface area contributed by atoms with Gasteiger partial charge in [0.2, 0.25) is 5.91 Å². The molecule has 0 fully saturated rings. The summed E-state index contributed by atoms with van der Waals surface area (Å²) in [6.45, 7) is 3.16. The van der Waals surface area contributed by atoms with Crippen molar-refractivity contribution in [3.05, 3.63) is 38.0 Å². The Hall–Kier alpha value is -3.28. The molecule has 0 saturated carbocycles. The monoisotopic (exact) mass is 395 g/mol. The standard InChI is InChI=1S/C15H17N5O6S/c1-7-11(15(23)26-3)14(27-12(7)13(16)22)18-10(21)4-5-19-8(2)9(6-17-19)20(24)25/h6H,4-5H2,1-3H3,(H2,16,22)(H,18,21). The van der Waals surface area contributed by atoms with Gasteiger partial charge in [-0.25, -0.2) is 4.79 Å². The number of nitrogens with one attached hydrogen (secondary N) is 1. The molecular formula is C15H17N5O6S. The Labute approximate surface area is 157 Å². The van der Waals surface area contributed by atoms with Crippen LogP contribution < -0.4 is 11.1 Å². The third-order valence-corrected chi connectivity index (χ3v) is 5.06. The SMILES string of the molecule is COC(=O)c1c(NC(=O)CCn2ncc([N+](=O)[O-])c2C)sc(C(N)=O)c1C. The number of thiophene rings is 1. The normalized spacial score (nSPS) is 10.5. The van der Waals surface area contributed by atoms with Gasteiger partial charge in [0.25, 0.3) is 5.91 Å². The van der Waals surface area contributed by atoms with E-state index in [-0.39, 0.29) is 34.1 Å². The number of esters is 1. The number of nitrogens with zero attached hydrogens (tertiary/aromatic N) is 3. The van der Waals surface area contributed by atoms with Crippen LogP contribution in [0.2, 0.25) is 0 Å². The van der Waals surface area contributed by atoms with Crippen LogP contribution in [-0.2, 0) is 16.1 Å². The zero-order chi connectivity index (χ0) is 20.3. The molecule has 0 aliphatic heterocycles. The third kappa shape index (κ3) is 4.11. The number of amides is 2. The van der Waals surface area contributed by atoms with Gasteiger partial charge in [-0.15, -0.1) is 11.3 Å². The second-order valence-corrected chi connectivity index (χ2v) is 6.53. The summed E-state index contributed by atoms with van der Waals surface area (Å²) >= 11 is 0.880. The van der Waals surface area contributed by atoms with Gasteiger partial charge in [0.05, 0.1) is 29.0 Å². The number of anilines is 1. The zero-order valence-corrected chi connectivity index (χ0v) is 15.6. The summed E-state index contributed by atoms with van der Waals surface area (Å²) in [5.74, 6) is -1.89. The van der Waals surface area contributed by atoms with Crippen molar-refractivity contribution < 1.29 is 24.0 Å². The number of nitro groups is 1. The molecule has 0 atom stereocenters. The Kier molecular flexibility index (Phi) is 5.90. The van der Waals surface area contributed by atoms with E-state index >= 15 is 0 Å². The van der Waals surface area contributed by atoms with Crippen molar-refractivity contribution in [2.24, 2.45) is 5.73 Å². The van der Waals surface area contributed by atoms with Gasteiger partial charge in [0.15, 0.2) is 0 Å². The first-order chi connectivity index (χ1) is 12.7. The highest BCUT2D eigenvalue weighted by atomic mass is 32.1. The second kappa shape index (κ2) is 7.95. The Morgan fingerprint density at radius 3 is 2.59 bits per heavy atom. The van der Waals surface area contributed by atoms with Gasteiger partial charge in [-0.2, -0.15) is 5.10 Å². The third-order valence-electron chi connectivity index (χ3n) is 3.84. The van der Waals surface area contributed by atoms with Gasteiger partial charge in [0, 0.05) is 6.42 Å². The van der Waals surface area contributed by atoms with Crippen molar-refractivity contribution in [1.82, 2.24) is 9.78 Å². The van der Waals surface area contributed by atoms with E-state index in [1.807, 2.05) is 0 Å². The number of aromatic nitrogens is 2. The number of hydrogen-bond donors (Lipinski definition) is 2. The lowest BCUT2D eigenvalue weighted by Crippen LogP contribution is -2.17. The summed E-state index contributed by atoms with van der Waals surface area (Å²) < 4.78 is 6.03. The minimum absolute atomic E-state index is 0.0524. The van der Waals surface area contributed by atoms with Crippen LogP contribution >= 0.6 is 11.3 Å². The Balaban J connectivity index is 2.16. The molecular weight excluding hydrogens is 378 g/mol. The first-order valence-electron chi connectivity index (χ1n) is 7.65. The number of nitrogens with two attached hydrogens (primary N) is 1. The molecule has 2 aromatic heterocycles. The van der Waals surface area contributed by atoms with Crippen molar-refractivity contribution in [3.63, 3.8) is 0 Å². The maximum Gasteiger partial charge on any atom is 0.341 e. The second-order valence-electron chi connectivity index (χ2n) is 5.51. The first-order valence-corrected chi connectivity index (χ1v) is 8.47. The van der Waals surface area contributed by atoms with Crippen molar-refractivity contribution in [1.29, 1.82) is 0 Å². The molecule has 27 heavy (non-hydrogen) atoms. The summed E-state index contributed by atoms with van der Waals surface area (Å²) in [6.07, 6.45) is 1.06. The highest BCUT2D eigenvalue weighted by Crippen LogP contribution is 2.33. The van der Waals surface area contributed by atoms with Crippen LogP contribution in [0.15, 0.2) is 6.20 Å². The predicted octanol–water partition coefficient (Wildman–Crippen LogP) is 1.38. The topological polar surface area (TPSA) is 159 Å². The molecule has 3 N–H and O–H groups in total. The smallest absolute Gasteiger partial charge is 0.341 e. The molecule has 2 amide bonds. The Morgan fingerprint density at radius 1 is 1.41 bits per heavy atom. The van der Waals surface area contributed by atoms with E-state index in [4.69, 9.17) is 5.73 Å². The highest BCUT2D eigenvalue weighted by Gasteiger charge is 2.25. The van der Waals surface area contributed by atoms with Crippen LogP contribution in [0, 0.1) is 24.0 Å². The fraction of sp³-hybridized carbons (Fsp3) is 0.333. The number of primary amides is 1. The molecule has 0 aliphatic rings. The lowest BCUT2D eigenvalue weighted by molar-refractivity contribution is -0.385. The van der Waals surface area contributed by atoms with E-state index in [1.54, 1.807) is 0 Å². The molecule has 2 heterocycles. The molecule has 2 rings (SSSR count). The van der Waals surface area contributed by atoms with Crippen LogP contribution in [0.3, 0.4) is 0 Å². The molecule has 0 aliphatic carbocycles. The van der Waals surface area contributed by atoms with Crippen molar-refractivity contribution in [2.45, 2.75) is 26.8 Å². The molecule has 0 saturated heterocycles. The number of aryl methyl sites for hydroxylation is 1. The van der Waals surface area contributed by atoms with Crippen LogP contribution in [-0.4, -0.2) is 39.6 Å². The van der Waals surface area contributed by atoms with Crippen LogP contribution in [0.1, 0.15) is 37.7 Å². The molecule has 144 valence electrons. The number of methoxy groups -OCH3 is 1. The summed E-state index contributed by atoms with van der Waals surface area (Å²) in [6, 6.07) is 0. The van der Waals surface area contributed by atoms with E-state index in [0.29, 0.717) is 11.3 Å². The van der Waals surface area contributed by atoms with E-state index in [0.717, 1.165) is 17.5 Å². The van der Waals surface area contributed by atoms with Crippen molar-refractivity contribution in [3.8, 4) is 0 Å². The lowest BCUT2D eigenvalue weighted by Gasteiger charge is -2.07. The van der Waals surface area contributed by atoms with Gasteiger partial charge in [0.1, 0.15) is 16.9 Å². The first kappa shape index (κ1) is 20.0. The molecule has 12 heteroatoms. The van der Waals surface area contributed by atoms with Gasteiger partial charge < -0.3 is 15.8 Å². The van der Waals surface area contributed by atoms with Crippen LogP contribution in [0.5, 0.6) is 0 Å². The van der Waals surface area contributed by atoms with E-state index in [1.165, 1.54) is 25.6 Å². The van der Waals surface area contributed by atoms with Gasteiger partial charge in [-0.3, -0.25) is 24.4 Å². The van der Waals surface area contributed by atoms with Gasteiger partial charge in [-0.1, -0.05) is 0 Å². The minimum Gasteiger partial charge on any atom is -0.465 e. The predicted molar refractivity (Wildman–Crippen MR) is 95.8 cm³/mol. The largest absolute Gasteiger partial charge is 0.465 e. The van der Waals surface area contributed by atoms with Crippen molar-refractivity contribution >= 4 is 39.8 Å². The van der Waals surface area contributed by atoms with Gasteiger partial charge in [-0.05, 0) is 19.4 Å². The van der Waals surface area contributed by atoms with Gasteiger partial charge >= 0.3 is 11.7 Å². The fourth-order valence-electron chi connectivity index (χ4n) is 2.42. The maximum atomic E-state index is 12.2. The molecule has 0 radical (unpaired) electrons.